The molecule has 1 aromatic carbocycles. The molecule has 0 aliphatic carbocycles. The van der Waals surface area contributed by atoms with E-state index >= 15 is 0 Å². The lowest BCUT2D eigenvalue weighted by molar-refractivity contribution is 0.0522. The minimum absolute atomic E-state index is 0.154. The maximum absolute atomic E-state index is 11.8. The number of pyridine rings is 1. The third-order valence-corrected chi connectivity index (χ3v) is 2.44. The molecular formula is C15H12N2O3. The Morgan fingerprint density at radius 2 is 2.20 bits per heavy atom. The highest BCUT2D eigenvalue weighted by Gasteiger charge is 2.15. The molecule has 0 saturated heterocycles. The van der Waals surface area contributed by atoms with Crippen molar-refractivity contribution < 1.29 is 14.3 Å². The molecule has 0 amide bonds. The lowest BCUT2D eigenvalue weighted by atomic mass is 10.2. The highest BCUT2D eigenvalue weighted by Crippen LogP contribution is 2.24. The van der Waals surface area contributed by atoms with E-state index in [9.17, 15) is 4.79 Å². The number of aromatic nitrogens is 1. The molecule has 0 atom stereocenters. The van der Waals surface area contributed by atoms with Crippen LogP contribution in [0.3, 0.4) is 0 Å². The van der Waals surface area contributed by atoms with Crippen LogP contribution in [0.5, 0.6) is 11.6 Å². The molecule has 0 unspecified atom stereocenters. The van der Waals surface area contributed by atoms with E-state index in [1.807, 2.05) is 6.07 Å². The van der Waals surface area contributed by atoms with Gasteiger partial charge in [0.2, 0.25) is 5.88 Å². The Morgan fingerprint density at radius 3 is 2.95 bits per heavy atom. The Balaban J connectivity index is 2.29. The SMILES string of the molecule is CCOC(=O)c1cccnc1Oc1cccc(C#N)c1. The fraction of sp³-hybridized carbons (Fsp3) is 0.133. The fourth-order valence-corrected chi connectivity index (χ4v) is 1.58. The van der Waals surface area contributed by atoms with Gasteiger partial charge < -0.3 is 9.47 Å². The van der Waals surface area contributed by atoms with Gasteiger partial charge in [-0.15, -0.1) is 0 Å². The van der Waals surface area contributed by atoms with E-state index < -0.39 is 5.97 Å². The zero-order valence-corrected chi connectivity index (χ0v) is 10.9. The Labute approximate surface area is 116 Å². The molecule has 5 heteroatoms. The number of rotatable bonds is 4. The van der Waals surface area contributed by atoms with Crippen LogP contribution in [0, 0.1) is 11.3 Å². The second-order valence-electron chi connectivity index (χ2n) is 3.82. The Bertz CT molecular complexity index is 662. The average molecular weight is 268 g/mol. The van der Waals surface area contributed by atoms with Crippen molar-refractivity contribution in [2.24, 2.45) is 0 Å². The highest BCUT2D eigenvalue weighted by atomic mass is 16.5. The van der Waals surface area contributed by atoms with Gasteiger partial charge in [-0.2, -0.15) is 5.26 Å². The zero-order chi connectivity index (χ0) is 14.4. The van der Waals surface area contributed by atoms with Crippen molar-refractivity contribution in [3.8, 4) is 17.7 Å². The molecule has 5 nitrogen and oxygen atoms in total. The third kappa shape index (κ3) is 3.12. The summed E-state index contributed by atoms with van der Waals surface area (Å²) in [6, 6.07) is 11.8. The van der Waals surface area contributed by atoms with Gasteiger partial charge in [0.05, 0.1) is 18.2 Å². The summed E-state index contributed by atoms with van der Waals surface area (Å²) in [5.41, 5.74) is 0.716. The molecule has 0 bridgehead atoms. The monoisotopic (exact) mass is 268 g/mol. The van der Waals surface area contributed by atoms with Crippen LogP contribution in [0.1, 0.15) is 22.8 Å². The summed E-state index contributed by atoms with van der Waals surface area (Å²) in [4.78, 5) is 15.8. The molecule has 1 heterocycles. The van der Waals surface area contributed by atoms with Gasteiger partial charge in [-0.25, -0.2) is 9.78 Å². The normalized spacial score (nSPS) is 9.60. The summed E-state index contributed by atoms with van der Waals surface area (Å²) in [5.74, 6) is 0.0985. The molecule has 2 rings (SSSR count). The lowest BCUT2D eigenvalue weighted by Gasteiger charge is -2.09. The van der Waals surface area contributed by atoms with Gasteiger partial charge in [0.15, 0.2) is 0 Å². The molecule has 100 valence electrons. The molecule has 0 spiro atoms. The number of esters is 1. The van der Waals surface area contributed by atoms with Gasteiger partial charge in [-0.3, -0.25) is 0 Å². The number of benzene rings is 1. The van der Waals surface area contributed by atoms with Crippen molar-refractivity contribution >= 4 is 5.97 Å². The van der Waals surface area contributed by atoms with Gasteiger partial charge in [-0.05, 0) is 37.3 Å². The van der Waals surface area contributed by atoms with E-state index in [2.05, 4.69) is 4.98 Å². The van der Waals surface area contributed by atoms with Gasteiger partial charge in [0.25, 0.3) is 0 Å². The standard InChI is InChI=1S/C15H12N2O3/c1-2-19-15(18)13-7-4-8-17-14(13)20-12-6-3-5-11(9-12)10-16/h3-9H,2H2,1H3. The van der Waals surface area contributed by atoms with Crippen molar-refractivity contribution in [3.63, 3.8) is 0 Å². The first-order valence-corrected chi connectivity index (χ1v) is 6.04. The van der Waals surface area contributed by atoms with Crippen LogP contribution in [0.2, 0.25) is 0 Å². The molecule has 0 fully saturated rings. The molecule has 0 aliphatic heterocycles. The van der Waals surface area contributed by atoms with E-state index in [1.165, 1.54) is 6.20 Å². The summed E-state index contributed by atoms with van der Waals surface area (Å²) < 4.78 is 10.5. The number of nitriles is 1. The van der Waals surface area contributed by atoms with Crippen LogP contribution in [-0.2, 0) is 4.74 Å². The summed E-state index contributed by atoms with van der Waals surface area (Å²) in [7, 11) is 0. The molecule has 0 saturated carbocycles. The topological polar surface area (TPSA) is 72.2 Å². The molecule has 0 N–H and O–H groups in total. The highest BCUT2D eigenvalue weighted by molar-refractivity contribution is 5.91. The van der Waals surface area contributed by atoms with Gasteiger partial charge in [-0.1, -0.05) is 6.07 Å². The first-order valence-electron chi connectivity index (χ1n) is 6.04. The van der Waals surface area contributed by atoms with Gasteiger partial charge in [0.1, 0.15) is 11.3 Å². The van der Waals surface area contributed by atoms with E-state index in [-0.39, 0.29) is 18.1 Å². The molecule has 2 aromatic rings. The van der Waals surface area contributed by atoms with Crippen molar-refractivity contribution in [1.82, 2.24) is 4.98 Å². The van der Waals surface area contributed by atoms with E-state index in [0.29, 0.717) is 11.3 Å². The zero-order valence-electron chi connectivity index (χ0n) is 10.9. The number of hydrogen-bond donors (Lipinski definition) is 0. The van der Waals surface area contributed by atoms with Crippen LogP contribution in [0.25, 0.3) is 0 Å². The predicted molar refractivity (Wildman–Crippen MR) is 71.4 cm³/mol. The maximum atomic E-state index is 11.8. The number of carbonyl (C=O) groups is 1. The Kier molecular flexibility index (Phi) is 4.30. The first kappa shape index (κ1) is 13.6. The van der Waals surface area contributed by atoms with E-state index in [4.69, 9.17) is 14.7 Å². The van der Waals surface area contributed by atoms with Gasteiger partial charge in [0, 0.05) is 6.20 Å². The fourth-order valence-electron chi connectivity index (χ4n) is 1.58. The average Bonchev–Trinajstić information content (AvgIpc) is 2.48. The summed E-state index contributed by atoms with van der Waals surface area (Å²) in [5, 5.41) is 8.85. The van der Waals surface area contributed by atoms with E-state index in [1.54, 1.807) is 43.3 Å². The van der Waals surface area contributed by atoms with Crippen molar-refractivity contribution in [2.75, 3.05) is 6.61 Å². The van der Waals surface area contributed by atoms with Crippen molar-refractivity contribution in [1.29, 1.82) is 5.26 Å². The molecule has 1 aromatic heterocycles. The third-order valence-electron chi connectivity index (χ3n) is 2.44. The van der Waals surface area contributed by atoms with Crippen molar-refractivity contribution in [2.45, 2.75) is 6.92 Å². The van der Waals surface area contributed by atoms with E-state index in [0.717, 1.165) is 0 Å². The number of hydrogen-bond acceptors (Lipinski definition) is 5. The minimum Gasteiger partial charge on any atom is -0.462 e. The molecule has 0 aliphatic rings. The first-order chi connectivity index (χ1) is 9.74. The maximum Gasteiger partial charge on any atom is 0.343 e. The summed E-state index contributed by atoms with van der Waals surface area (Å²) in [6.45, 7) is 2.00. The smallest absolute Gasteiger partial charge is 0.343 e. The van der Waals surface area contributed by atoms with Crippen LogP contribution in [0.15, 0.2) is 42.6 Å². The second-order valence-corrected chi connectivity index (χ2v) is 3.82. The molecular weight excluding hydrogens is 256 g/mol. The van der Waals surface area contributed by atoms with Crippen LogP contribution in [-0.4, -0.2) is 17.6 Å². The number of nitrogens with zero attached hydrogens (tertiary/aromatic N) is 2. The Morgan fingerprint density at radius 1 is 1.35 bits per heavy atom. The van der Waals surface area contributed by atoms with Crippen molar-refractivity contribution in [3.05, 3.63) is 53.7 Å². The second kappa shape index (κ2) is 6.34. The van der Waals surface area contributed by atoms with Crippen LogP contribution < -0.4 is 4.74 Å². The Hall–Kier alpha value is -2.87. The quantitative estimate of drug-likeness (QED) is 0.797. The number of carbonyl (C=O) groups excluding carboxylic acids is 1. The summed E-state index contributed by atoms with van der Waals surface area (Å²) in [6.07, 6.45) is 1.52. The van der Waals surface area contributed by atoms with Crippen LogP contribution in [0.4, 0.5) is 0 Å². The number of ether oxygens (including phenoxy) is 2. The predicted octanol–water partition coefficient (Wildman–Crippen LogP) is 2.92. The van der Waals surface area contributed by atoms with Gasteiger partial charge >= 0.3 is 5.97 Å². The largest absolute Gasteiger partial charge is 0.462 e. The molecule has 0 radical (unpaired) electrons. The summed E-state index contributed by atoms with van der Waals surface area (Å²) >= 11 is 0. The minimum atomic E-state index is -0.493. The van der Waals surface area contributed by atoms with Crippen LogP contribution >= 0.6 is 0 Å². The lowest BCUT2D eigenvalue weighted by Crippen LogP contribution is -2.07. The molecule has 20 heavy (non-hydrogen) atoms.